The van der Waals surface area contributed by atoms with Gasteiger partial charge in [0.2, 0.25) is 0 Å². The summed E-state index contributed by atoms with van der Waals surface area (Å²) in [6, 6.07) is 14.9. The summed E-state index contributed by atoms with van der Waals surface area (Å²) in [5.41, 5.74) is 0.715. The van der Waals surface area contributed by atoms with Crippen molar-refractivity contribution < 1.29 is 9.90 Å². The highest BCUT2D eigenvalue weighted by Crippen LogP contribution is 2.27. The smallest absolute Gasteiger partial charge is 0.137 e. The lowest BCUT2D eigenvalue weighted by Crippen LogP contribution is -2.02. The summed E-state index contributed by atoms with van der Waals surface area (Å²) in [6.07, 6.45) is 3.89. The highest BCUT2D eigenvalue weighted by molar-refractivity contribution is 7.99. The molecule has 0 spiro atoms. The van der Waals surface area contributed by atoms with Crippen LogP contribution in [-0.4, -0.2) is 16.6 Å². The topological polar surface area (TPSA) is 37.3 Å². The monoisotopic (exact) mass is 348 g/mol. The summed E-state index contributed by atoms with van der Waals surface area (Å²) in [4.78, 5) is 13.0. The molecule has 0 aliphatic heterocycles. The highest BCUT2D eigenvalue weighted by Gasteiger charge is 2.07. The van der Waals surface area contributed by atoms with Gasteiger partial charge in [-0.1, -0.05) is 48.4 Å². The Kier molecular flexibility index (Phi) is 7.50. The van der Waals surface area contributed by atoms with Crippen LogP contribution >= 0.6 is 23.4 Å². The van der Waals surface area contributed by atoms with Crippen molar-refractivity contribution in [2.24, 2.45) is 0 Å². The van der Waals surface area contributed by atoms with Crippen molar-refractivity contribution in [3.05, 3.63) is 59.1 Å². The van der Waals surface area contributed by atoms with E-state index < -0.39 is 0 Å². The second kappa shape index (κ2) is 9.64. The Morgan fingerprint density at radius 1 is 1.00 bits per heavy atom. The number of halogens is 1. The van der Waals surface area contributed by atoms with Crippen LogP contribution in [-0.2, 0) is 11.2 Å². The molecule has 0 heterocycles. The lowest BCUT2D eigenvalue weighted by Gasteiger charge is -2.05. The van der Waals surface area contributed by atoms with E-state index in [2.05, 4.69) is 0 Å². The Morgan fingerprint density at radius 2 is 1.74 bits per heavy atom. The van der Waals surface area contributed by atoms with Gasteiger partial charge >= 0.3 is 0 Å². The van der Waals surface area contributed by atoms with E-state index in [1.54, 1.807) is 30.0 Å². The maximum atomic E-state index is 11.9. The number of rotatable bonds is 9. The number of ketones is 1. The van der Waals surface area contributed by atoms with Gasteiger partial charge < -0.3 is 5.11 Å². The molecule has 0 saturated carbocycles. The van der Waals surface area contributed by atoms with E-state index in [-0.39, 0.29) is 11.5 Å². The van der Waals surface area contributed by atoms with Gasteiger partial charge in [0.05, 0.1) is 5.02 Å². The van der Waals surface area contributed by atoms with Gasteiger partial charge in [-0.2, -0.15) is 0 Å². The van der Waals surface area contributed by atoms with Crippen LogP contribution in [0.3, 0.4) is 0 Å². The zero-order chi connectivity index (χ0) is 16.5. The second-order valence-electron chi connectivity index (χ2n) is 5.43. The number of Topliss-reactive ketones (excluding diaryl/α,β-unsaturated/α-hetero) is 1. The molecule has 1 N–H and O–H groups in total. The van der Waals surface area contributed by atoms with Gasteiger partial charge in [-0.15, -0.1) is 11.8 Å². The number of aromatic hydroxyl groups is 1. The van der Waals surface area contributed by atoms with Gasteiger partial charge in [0.1, 0.15) is 11.5 Å². The molecule has 0 radical (unpaired) electrons. The van der Waals surface area contributed by atoms with Crippen molar-refractivity contribution in [1.82, 2.24) is 0 Å². The van der Waals surface area contributed by atoms with Gasteiger partial charge in [0.25, 0.3) is 0 Å². The van der Waals surface area contributed by atoms with Crippen LogP contribution in [0.25, 0.3) is 0 Å². The predicted molar refractivity (Wildman–Crippen MR) is 97.5 cm³/mol. The van der Waals surface area contributed by atoms with Crippen LogP contribution in [0, 0.1) is 0 Å². The lowest BCUT2D eigenvalue weighted by atomic mass is 10.0. The third-order valence-electron chi connectivity index (χ3n) is 3.57. The largest absolute Gasteiger partial charge is 0.508 e. The summed E-state index contributed by atoms with van der Waals surface area (Å²) >= 11 is 7.87. The third kappa shape index (κ3) is 6.28. The van der Waals surface area contributed by atoms with Crippen molar-refractivity contribution in [3.8, 4) is 5.75 Å². The van der Waals surface area contributed by atoms with E-state index in [0.29, 0.717) is 18.4 Å². The number of hydrogen-bond acceptors (Lipinski definition) is 3. The molecule has 4 heteroatoms. The fraction of sp³-hybridized carbons (Fsp3) is 0.316. The molecule has 0 saturated heterocycles. The number of unbranched alkanes of at least 4 members (excludes halogenated alkanes) is 2. The van der Waals surface area contributed by atoms with Crippen molar-refractivity contribution >= 4 is 29.1 Å². The second-order valence-corrected chi connectivity index (χ2v) is 6.98. The summed E-state index contributed by atoms with van der Waals surface area (Å²) in [7, 11) is 0. The molecule has 2 nitrogen and oxygen atoms in total. The minimum atomic E-state index is 0.185. The van der Waals surface area contributed by atoms with Gasteiger partial charge in [-0.3, -0.25) is 4.79 Å². The minimum absolute atomic E-state index is 0.185. The molecule has 0 fully saturated rings. The first-order valence-electron chi connectivity index (χ1n) is 7.82. The van der Waals surface area contributed by atoms with E-state index in [1.165, 1.54) is 0 Å². The van der Waals surface area contributed by atoms with Crippen LogP contribution < -0.4 is 0 Å². The van der Waals surface area contributed by atoms with Crippen LogP contribution in [0.5, 0.6) is 5.75 Å². The third-order valence-corrected chi connectivity index (χ3v) is 5.17. The molecule has 0 aliphatic carbocycles. The summed E-state index contributed by atoms with van der Waals surface area (Å²) in [5.74, 6) is 1.40. The SMILES string of the molecule is O=C(CCCCCSc1ccccc1Cl)Cc1ccccc1O. The average molecular weight is 349 g/mol. The molecule has 2 aromatic rings. The molecule has 0 amide bonds. The fourth-order valence-electron chi connectivity index (χ4n) is 2.31. The van der Waals surface area contributed by atoms with Crippen LogP contribution in [0.15, 0.2) is 53.4 Å². The van der Waals surface area contributed by atoms with Crippen molar-refractivity contribution in [2.75, 3.05) is 5.75 Å². The normalized spacial score (nSPS) is 10.7. The molecule has 122 valence electrons. The van der Waals surface area contributed by atoms with Crippen LogP contribution in [0.2, 0.25) is 5.02 Å². The zero-order valence-electron chi connectivity index (χ0n) is 13.0. The number of phenols is 1. The molecular weight excluding hydrogens is 328 g/mol. The van der Waals surface area contributed by atoms with Crippen LogP contribution in [0.4, 0.5) is 0 Å². The summed E-state index contributed by atoms with van der Waals surface area (Å²) in [5, 5.41) is 10.5. The predicted octanol–water partition coefficient (Wildman–Crippen LogP) is 5.51. The molecule has 0 unspecified atom stereocenters. The lowest BCUT2D eigenvalue weighted by molar-refractivity contribution is -0.118. The Balaban J connectivity index is 1.59. The Bertz CT molecular complexity index is 643. The minimum Gasteiger partial charge on any atom is -0.508 e. The molecule has 0 atom stereocenters. The Morgan fingerprint density at radius 3 is 2.52 bits per heavy atom. The van der Waals surface area contributed by atoms with Gasteiger partial charge in [-0.25, -0.2) is 0 Å². The standard InChI is InChI=1S/C19H21ClO2S/c20-17-10-4-6-12-19(17)23-13-7-1-2-9-16(21)14-15-8-3-5-11-18(15)22/h3-6,8,10-12,22H,1-2,7,9,13-14H2. The maximum Gasteiger partial charge on any atom is 0.137 e. The molecule has 2 aromatic carbocycles. The molecule has 0 aromatic heterocycles. The average Bonchev–Trinajstić information content (AvgIpc) is 2.54. The zero-order valence-corrected chi connectivity index (χ0v) is 14.6. The van der Waals surface area contributed by atoms with Crippen LogP contribution in [0.1, 0.15) is 31.2 Å². The molecular formula is C19H21ClO2S. The number of carbonyl (C=O) groups excluding carboxylic acids is 1. The molecule has 2 rings (SSSR count). The van der Waals surface area contributed by atoms with E-state index >= 15 is 0 Å². The van der Waals surface area contributed by atoms with E-state index in [0.717, 1.165) is 34.9 Å². The Hall–Kier alpha value is -1.45. The number of thioether (sulfide) groups is 1. The molecule has 0 bridgehead atoms. The first kappa shape index (κ1) is 17.9. The first-order valence-corrected chi connectivity index (χ1v) is 9.19. The van der Waals surface area contributed by atoms with E-state index in [9.17, 15) is 9.90 Å². The van der Waals surface area contributed by atoms with Crippen molar-refractivity contribution in [1.29, 1.82) is 0 Å². The Labute approximate surface area is 146 Å². The highest BCUT2D eigenvalue weighted by atomic mass is 35.5. The number of phenolic OH excluding ortho intramolecular Hbond substituents is 1. The maximum absolute atomic E-state index is 11.9. The summed E-state index contributed by atoms with van der Waals surface area (Å²) in [6.45, 7) is 0. The van der Waals surface area contributed by atoms with Gasteiger partial charge in [-0.05, 0) is 36.8 Å². The number of hydrogen-bond donors (Lipinski definition) is 1. The van der Waals surface area contributed by atoms with Crippen molar-refractivity contribution in [2.45, 2.75) is 37.0 Å². The first-order chi connectivity index (χ1) is 11.2. The number of carbonyl (C=O) groups is 1. The van der Waals surface area contributed by atoms with E-state index in [4.69, 9.17) is 11.6 Å². The number of benzene rings is 2. The van der Waals surface area contributed by atoms with Gasteiger partial charge in [0.15, 0.2) is 0 Å². The summed E-state index contributed by atoms with van der Waals surface area (Å²) < 4.78 is 0. The molecule has 23 heavy (non-hydrogen) atoms. The van der Waals surface area contributed by atoms with Crippen molar-refractivity contribution in [3.63, 3.8) is 0 Å². The number of para-hydroxylation sites is 1. The van der Waals surface area contributed by atoms with Gasteiger partial charge in [0, 0.05) is 23.3 Å². The quantitative estimate of drug-likeness (QED) is 0.479. The fourth-order valence-corrected chi connectivity index (χ4v) is 3.55. The molecule has 0 aliphatic rings. The van der Waals surface area contributed by atoms with E-state index in [1.807, 2.05) is 30.3 Å².